The van der Waals surface area contributed by atoms with Crippen molar-refractivity contribution >= 4 is 11.9 Å². The van der Waals surface area contributed by atoms with Gasteiger partial charge in [0.2, 0.25) is 0 Å². The zero-order valence-corrected chi connectivity index (χ0v) is 13.1. The van der Waals surface area contributed by atoms with Crippen molar-refractivity contribution in [2.75, 3.05) is 13.1 Å². The van der Waals surface area contributed by atoms with Gasteiger partial charge < -0.3 is 10.0 Å². The third kappa shape index (κ3) is 2.92. The topological polar surface area (TPSA) is 92.5 Å². The molecule has 1 aromatic heterocycles. The molecule has 0 bridgehead atoms. The van der Waals surface area contributed by atoms with E-state index in [1.807, 2.05) is 13.0 Å². The Morgan fingerprint density at radius 1 is 1.12 bits per heavy atom. The van der Waals surface area contributed by atoms with Crippen LogP contribution in [-0.2, 0) is 4.79 Å². The predicted octanol–water partition coefficient (Wildman–Crippen LogP) is 1.03. The van der Waals surface area contributed by atoms with Crippen molar-refractivity contribution in [2.45, 2.75) is 6.92 Å². The second-order valence-electron chi connectivity index (χ2n) is 5.94. The maximum atomic E-state index is 12.6. The summed E-state index contributed by atoms with van der Waals surface area (Å²) in [6, 6.07) is 11.5. The highest BCUT2D eigenvalue weighted by Crippen LogP contribution is 2.24. The summed E-state index contributed by atoms with van der Waals surface area (Å²) in [5, 5.41) is 13.3. The summed E-state index contributed by atoms with van der Waals surface area (Å²) in [5.74, 6) is -1.96. The van der Waals surface area contributed by atoms with Crippen LogP contribution in [0.3, 0.4) is 0 Å². The fourth-order valence-corrected chi connectivity index (χ4v) is 2.90. The van der Waals surface area contributed by atoms with E-state index in [1.54, 1.807) is 24.3 Å². The van der Waals surface area contributed by atoms with E-state index < -0.39 is 11.9 Å². The first-order valence-electron chi connectivity index (χ1n) is 7.65. The van der Waals surface area contributed by atoms with E-state index in [-0.39, 0.29) is 29.6 Å². The lowest BCUT2D eigenvalue weighted by atomic mass is 9.99. The minimum absolute atomic E-state index is 0.119. The number of hydrogen-bond donors (Lipinski definition) is 1. The fourth-order valence-electron chi connectivity index (χ4n) is 2.90. The number of aliphatic carboxylic acids is 1. The van der Waals surface area contributed by atoms with E-state index in [2.05, 4.69) is 5.10 Å². The van der Waals surface area contributed by atoms with Crippen LogP contribution in [0.15, 0.2) is 47.3 Å². The molecule has 24 heavy (non-hydrogen) atoms. The molecule has 1 aromatic carbocycles. The maximum absolute atomic E-state index is 12.6. The summed E-state index contributed by atoms with van der Waals surface area (Å²) in [4.78, 5) is 37.3. The Bertz CT molecular complexity index is 831. The van der Waals surface area contributed by atoms with Gasteiger partial charge in [-0.2, -0.15) is 9.78 Å². The number of carboxylic acids is 1. The Hall–Kier alpha value is -2.96. The molecular formula is C17H17N3O4. The molecule has 2 aromatic rings. The quantitative estimate of drug-likeness (QED) is 0.909. The largest absolute Gasteiger partial charge is 0.481 e. The zero-order chi connectivity index (χ0) is 17.3. The molecule has 1 saturated heterocycles. The molecule has 1 N–H and O–H groups in total. The molecule has 1 aliphatic rings. The Balaban J connectivity index is 1.89. The van der Waals surface area contributed by atoms with Gasteiger partial charge in [0.15, 0.2) is 0 Å². The van der Waals surface area contributed by atoms with Crippen molar-refractivity contribution in [3.8, 4) is 5.69 Å². The lowest BCUT2D eigenvalue weighted by Gasteiger charge is -2.15. The third-order valence-electron chi connectivity index (χ3n) is 4.24. The molecule has 1 aliphatic heterocycles. The molecule has 0 unspecified atom stereocenters. The Labute approximate surface area is 138 Å². The Kier molecular flexibility index (Phi) is 4.16. The number of nitrogens with zero attached hydrogens (tertiary/aromatic N) is 3. The van der Waals surface area contributed by atoms with E-state index in [0.29, 0.717) is 12.2 Å². The Morgan fingerprint density at radius 2 is 1.83 bits per heavy atom. The zero-order valence-electron chi connectivity index (χ0n) is 13.1. The minimum Gasteiger partial charge on any atom is -0.481 e. The van der Waals surface area contributed by atoms with Crippen LogP contribution in [0.2, 0.25) is 0 Å². The first-order valence-corrected chi connectivity index (χ1v) is 7.65. The van der Waals surface area contributed by atoms with E-state index in [9.17, 15) is 19.5 Å². The van der Waals surface area contributed by atoms with Crippen molar-refractivity contribution in [1.29, 1.82) is 0 Å². The smallest absolute Gasteiger partial charge is 0.308 e. The molecular weight excluding hydrogens is 310 g/mol. The summed E-state index contributed by atoms with van der Waals surface area (Å²) >= 11 is 0. The lowest BCUT2D eigenvalue weighted by Crippen LogP contribution is -2.32. The van der Waals surface area contributed by atoms with Crippen molar-refractivity contribution in [3.05, 3.63) is 58.5 Å². The van der Waals surface area contributed by atoms with Crippen molar-refractivity contribution in [3.63, 3.8) is 0 Å². The molecule has 2 heterocycles. The first-order chi connectivity index (χ1) is 11.5. The number of rotatable bonds is 3. The molecule has 0 saturated carbocycles. The summed E-state index contributed by atoms with van der Waals surface area (Å²) < 4.78 is 1.17. The van der Waals surface area contributed by atoms with Gasteiger partial charge in [-0.3, -0.25) is 14.4 Å². The summed E-state index contributed by atoms with van der Waals surface area (Å²) in [6.45, 7) is 2.33. The van der Waals surface area contributed by atoms with Gasteiger partial charge in [0, 0.05) is 19.2 Å². The molecule has 124 valence electrons. The SMILES string of the molecule is C[C@@H]1CN(C(=O)c2ccc(=O)n(-c3ccccc3)n2)C[C@H]1C(=O)O. The average molecular weight is 327 g/mol. The number of hydrogen-bond acceptors (Lipinski definition) is 4. The Morgan fingerprint density at radius 3 is 2.46 bits per heavy atom. The molecule has 0 aliphatic carbocycles. The fraction of sp³-hybridized carbons (Fsp3) is 0.294. The molecule has 1 amide bonds. The van der Waals surface area contributed by atoms with Crippen LogP contribution in [-0.4, -0.2) is 44.8 Å². The van der Waals surface area contributed by atoms with Crippen LogP contribution in [0.4, 0.5) is 0 Å². The summed E-state index contributed by atoms with van der Waals surface area (Å²) in [5.41, 5.74) is 0.350. The number of benzene rings is 1. The summed E-state index contributed by atoms with van der Waals surface area (Å²) in [6.07, 6.45) is 0. The van der Waals surface area contributed by atoms with E-state index in [0.717, 1.165) is 0 Å². The molecule has 2 atom stereocenters. The minimum atomic E-state index is -0.903. The van der Waals surface area contributed by atoms with Crippen LogP contribution in [0.25, 0.3) is 5.69 Å². The second kappa shape index (κ2) is 6.27. The molecule has 0 spiro atoms. The number of aromatic nitrogens is 2. The van der Waals surface area contributed by atoms with Crippen molar-refractivity contribution in [2.24, 2.45) is 11.8 Å². The maximum Gasteiger partial charge on any atom is 0.308 e. The van der Waals surface area contributed by atoms with Crippen molar-refractivity contribution < 1.29 is 14.7 Å². The molecule has 7 nitrogen and oxygen atoms in total. The van der Waals surface area contributed by atoms with Gasteiger partial charge in [-0.05, 0) is 24.1 Å². The highest BCUT2D eigenvalue weighted by Gasteiger charge is 2.37. The molecule has 7 heteroatoms. The molecule has 0 radical (unpaired) electrons. The third-order valence-corrected chi connectivity index (χ3v) is 4.24. The van der Waals surface area contributed by atoms with Gasteiger partial charge in [0.25, 0.3) is 11.5 Å². The van der Waals surface area contributed by atoms with Gasteiger partial charge in [-0.25, -0.2) is 0 Å². The van der Waals surface area contributed by atoms with Crippen LogP contribution < -0.4 is 5.56 Å². The highest BCUT2D eigenvalue weighted by molar-refractivity contribution is 5.92. The van der Waals surface area contributed by atoms with E-state index in [4.69, 9.17) is 0 Å². The number of carbonyl (C=O) groups is 2. The van der Waals surface area contributed by atoms with Gasteiger partial charge in [0.1, 0.15) is 5.69 Å². The molecule has 3 rings (SSSR count). The van der Waals surface area contributed by atoms with Gasteiger partial charge in [-0.1, -0.05) is 25.1 Å². The van der Waals surface area contributed by atoms with Crippen molar-refractivity contribution in [1.82, 2.24) is 14.7 Å². The predicted molar refractivity (Wildman–Crippen MR) is 86.0 cm³/mol. The number of likely N-dealkylation sites (tertiary alicyclic amines) is 1. The number of carboxylic acid groups (broad SMARTS) is 1. The van der Waals surface area contributed by atoms with Gasteiger partial charge >= 0.3 is 5.97 Å². The van der Waals surface area contributed by atoms with Crippen LogP contribution >= 0.6 is 0 Å². The van der Waals surface area contributed by atoms with Crippen LogP contribution in [0.1, 0.15) is 17.4 Å². The number of amides is 1. The monoisotopic (exact) mass is 327 g/mol. The number of carbonyl (C=O) groups excluding carboxylic acids is 1. The van der Waals surface area contributed by atoms with Gasteiger partial charge in [-0.15, -0.1) is 0 Å². The first kappa shape index (κ1) is 15.9. The van der Waals surface area contributed by atoms with Crippen LogP contribution in [0.5, 0.6) is 0 Å². The van der Waals surface area contributed by atoms with Gasteiger partial charge in [0.05, 0.1) is 11.6 Å². The number of para-hydroxylation sites is 1. The van der Waals surface area contributed by atoms with E-state index in [1.165, 1.54) is 21.7 Å². The highest BCUT2D eigenvalue weighted by atomic mass is 16.4. The normalized spacial score (nSPS) is 20.1. The average Bonchev–Trinajstić information content (AvgIpc) is 2.97. The standard InChI is InChI=1S/C17H17N3O4/c1-11-9-19(10-13(11)17(23)24)16(22)14-7-8-15(21)20(18-14)12-5-3-2-4-6-12/h2-8,11,13H,9-10H2,1H3,(H,23,24)/t11-,13-/m1/s1. The second-order valence-corrected chi connectivity index (χ2v) is 5.94. The summed E-state index contributed by atoms with van der Waals surface area (Å²) in [7, 11) is 0. The molecule has 1 fully saturated rings. The van der Waals surface area contributed by atoms with Crippen LogP contribution in [0, 0.1) is 11.8 Å². The van der Waals surface area contributed by atoms with E-state index >= 15 is 0 Å². The lowest BCUT2D eigenvalue weighted by molar-refractivity contribution is -0.142.